The molecule has 174 valence electrons. The highest BCUT2D eigenvalue weighted by Gasteiger charge is 2.24. The predicted octanol–water partition coefficient (Wildman–Crippen LogP) is 3.88. The van der Waals surface area contributed by atoms with Crippen molar-refractivity contribution in [3.63, 3.8) is 0 Å². The van der Waals surface area contributed by atoms with Crippen LogP contribution in [0, 0.1) is 6.92 Å². The summed E-state index contributed by atoms with van der Waals surface area (Å²) in [6, 6.07) is 13.9. The van der Waals surface area contributed by atoms with E-state index in [0.29, 0.717) is 25.6 Å². The highest BCUT2D eigenvalue weighted by Crippen LogP contribution is 2.31. The molecule has 3 rings (SSSR count). The zero-order valence-corrected chi connectivity index (χ0v) is 21.5. The van der Waals surface area contributed by atoms with Gasteiger partial charge in [-0.25, -0.2) is 0 Å². The Morgan fingerprint density at radius 2 is 2.00 bits per heavy atom. The average molecular weight is 552 g/mol. The van der Waals surface area contributed by atoms with Gasteiger partial charge in [0.05, 0.1) is 11.8 Å². The number of rotatable bonds is 8. The maximum absolute atomic E-state index is 12.3. The van der Waals surface area contributed by atoms with E-state index in [1.54, 1.807) is 11.9 Å². The molecule has 1 aliphatic rings. The zero-order valence-electron chi connectivity index (χ0n) is 19.2. The van der Waals surface area contributed by atoms with Crippen molar-refractivity contribution in [2.24, 2.45) is 4.99 Å². The van der Waals surface area contributed by atoms with E-state index in [1.165, 1.54) is 5.56 Å². The molecule has 2 aromatic rings. The summed E-state index contributed by atoms with van der Waals surface area (Å²) in [7, 11) is 1.75. The number of halogens is 1. The van der Waals surface area contributed by atoms with Crippen molar-refractivity contribution in [3.8, 4) is 11.5 Å². The second-order valence-corrected chi connectivity index (χ2v) is 7.79. The van der Waals surface area contributed by atoms with Gasteiger partial charge < -0.3 is 25.0 Å². The molecule has 2 aromatic carbocycles. The van der Waals surface area contributed by atoms with E-state index in [4.69, 9.17) is 9.47 Å². The highest BCUT2D eigenvalue weighted by atomic mass is 127. The minimum absolute atomic E-state index is 0. The second kappa shape index (κ2) is 12.5. The van der Waals surface area contributed by atoms with E-state index >= 15 is 0 Å². The summed E-state index contributed by atoms with van der Waals surface area (Å²) in [5.74, 6) is 2.34. The Balaban J connectivity index is 0.00000363. The maximum atomic E-state index is 12.3. The second-order valence-electron chi connectivity index (χ2n) is 7.79. The van der Waals surface area contributed by atoms with Crippen LogP contribution in [0.4, 0.5) is 5.69 Å². The Bertz CT molecular complexity index is 933. The Hall–Kier alpha value is -2.49. The van der Waals surface area contributed by atoms with Crippen molar-refractivity contribution < 1.29 is 14.3 Å². The molecule has 0 spiro atoms. The van der Waals surface area contributed by atoms with Crippen LogP contribution < -0.4 is 25.0 Å². The Morgan fingerprint density at radius 3 is 2.75 bits per heavy atom. The first-order valence-electron chi connectivity index (χ1n) is 10.7. The number of hydrogen-bond acceptors (Lipinski definition) is 4. The van der Waals surface area contributed by atoms with Gasteiger partial charge in [0, 0.05) is 32.2 Å². The number of guanidine groups is 1. The van der Waals surface area contributed by atoms with Crippen molar-refractivity contribution in [2.45, 2.75) is 39.8 Å². The molecule has 0 atom stereocenters. The lowest BCUT2D eigenvalue weighted by molar-refractivity contribution is -0.121. The maximum Gasteiger partial charge on any atom is 0.265 e. The fourth-order valence-electron chi connectivity index (χ4n) is 3.41. The van der Waals surface area contributed by atoms with Crippen molar-refractivity contribution >= 4 is 41.5 Å². The van der Waals surface area contributed by atoms with Crippen LogP contribution in [0.25, 0.3) is 0 Å². The topological polar surface area (TPSA) is 75.2 Å². The minimum Gasteiger partial charge on any atom is -0.491 e. The molecular formula is C24H33IN4O3. The molecule has 7 nitrogen and oxygen atoms in total. The molecule has 2 N–H and O–H groups in total. The van der Waals surface area contributed by atoms with Gasteiger partial charge in [-0.3, -0.25) is 9.79 Å². The minimum atomic E-state index is -0.0155. The standard InChI is InChI=1S/C24H32N4O3.HI/c1-17(2)31-22-14-18(3)10-11-19(22)15-27-24(25-4)26-12-7-13-28-20-8-5-6-9-21(20)30-16-23(28)29;/h5-6,8-11,14,17H,7,12-13,15-16H2,1-4H3,(H2,25,26,27);1H. The van der Waals surface area contributed by atoms with Crippen molar-refractivity contribution in [2.75, 3.05) is 31.6 Å². The molecular weight excluding hydrogens is 519 g/mol. The molecule has 0 bridgehead atoms. The number of aryl methyl sites for hydroxylation is 1. The van der Waals surface area contributed by atoms with Gasteiger partial charge in [0.1, 0.15) is 11.5 Å². The molecule has 0 radical (unpaired) electrons. The normalized spacial score (nSPS) is 13.2. The van der Waals surface area contributed by atoms with Crippen LogP contribution in [0.15, 0.2) is 47.5 Å². The summed E-state index contributed by atoms with van der Waals surface area (Å²) in [5, 5.41) is 6.66. The van der Waals surface area contributed by atoms with Gasteiger partial charge in [-0.1, -0.05) is 24.3 Å². The SMILES string of the molecule is CN=C(NCCCN1C(=O)COc2ccccc21)NCc1ccc(C)cc1OC(C)C.I. The quantitative estimate of drug-likeness (QED) is 0.225. The van der Waals surface area contributed by atoms with Gasteiger partial charge in [-0.05, 0) is 51.0 Å². The number of nitrogens with zero attached hydrogens (tertiary/aromatic N) is 2. The van der Waals surface area contributed by atoms with Crippen LogP contribution in [-0.4, -0.2) is 44.7 Å². The van der Waals surface area contributed by atoms with E-state index in [1.807, 2.05) is 38.1 Å². The first-order valence-corrected chi connectivity index (χ1v) is 10.7. The molecule has 1 aliphatic heterocycles. The average Bonchev–Trinajstić information content (AvgIpc) is 2.75. The predicted molar refractivity (Wildman–Crippen MR) is 139 cm³/mol. The number of para-hydroxylation sites is 2. The molecule has 0 unspecified atom stereocenters. The molecule has 0 saturated carbocycles. The molecule has 1 heterocycles. The Labute approximate surface area is 207 Å². The number of carbonyl (C=O) groups is 1. The third-order valence-corrected chi connectivity index (χ3v) is 4.91. The van der Waals surface area contributed by atoms with Gasteiger partial charge >= 0.3 is 0 Å². The van der Waals surface area contributed by atoms with Crippen LogP contribution in [0.3, 0.4) is 0 Å². The molecule has 1 amide bonds. The fraction of sp³-hybridized carbons (Fsp3) is 0.417. The van der Waals surface area contributed by atoms with E-state index in [9.17, 15) is 4.79 Å². The number of fused-ring (bicyclic) bond motifs is 1. The number of aliphatic imine (C=N–C) groups is 1. The number of ether oxygens (including phenoxy) is 2. The number of anilines is 1. The number of carbonyl (C=O) groups excluding carboxylic acids is 1. The molecule has 0 aliphatic carbocycles. The summed E-state index contributed by atoms with van der Waals surface area (Å²) in [4.78, 5) is 18.4. The van der Waals surface area contributed by atoms with Crippen molar-refractivity contribution in [1.29, 1.82) is 0 Å². The molecule has 0 saturated heterocycles. The molecule has 0 aromatic heterocycles. The highest BCUT2D eigenvalue weighted by molar-refractivity contribution is 14.0. The van der Waals surface area contributed by atoms with E-state index in [-0.39, 0.29) is 42.6 Å². The number of nitrogens with one attached hydrogen (secondary N) is 2. The van der Waals surface area contributed by atoms with Gasteiger partial charge in [0.15, 0.2) is 12.6 Å². The Morgan fingerprint density at radius 1 is 1.22 bits per heavy atom. The molecule has 8 heteroatoms. The number of amides is 1. The third-order valence-electron chi connectivity index (χ3n) is 4.91. The largest absolute Gasteiger partial charge is 0.491 e. The Kier molecular flexibility index (Phi) is 10.1. The lowest BCUT2D eigenvalue weighted by atomic mass is 10.1. The summed E-state index contributed by atoms with van der Waals surface area (Å²) < 4.78 is 11.4. The smallest absolute Gasteiger partial charge is 0.265 e. The van der Waals surface area contributed by atoms with Crippen LogP contribution in [0.2, 0.25) is 0 Å². The lowest BCUT2D eigenvalue weighted by Crippen LogP contribution is -2.42. The monoisotopic (exact) mass is 552 g/mol. The summed E-state index contributed by atoms with van der Waals surface area (Å²) in [5.41, 5.74) is 3.08. The van der Waals surface area contributed by atoms with E-state index in [0.717, 1.165) is 29.2 Å². The van der Waals surface area contributed by atoms with Crippen LogP contribution in [0.1, 0.15) is 31.4 Å². The third kappa shape index (κ3) is 7.01. The van der Waals surface area contributed by atoms with Crippen molar-refractivity contribution in [1.82, 2.24) is 10.6 Å². The first-order chi connectivity index (χ1) is 15.0. The van der Waals surface area contributed by atoms with Gasteiger partial charge in [0.25, 0.3) is 5.91 Å². The molecule has 0 fully saturated rings. The summed E-state index contributed by atoms with van der Waals surface area (Å²) in [6.45, 7) is 8.11. The van der Waals surface area contributed by atoms with Gasteiger partial charge in [-0.15, -0.1) is 24.0 Å². The lowest BCUT2D eigenvalue weighted by Gasteiger charge is -2.29. The van der Waals surface area contributed by atoms with Crippen LogP contribution in [-0.2, 0) is 11.3 Å². The summed E-state index contributed by atoms with van der Waals surface area (Å²) >= 11 is 0. The van der Waals surface area contributed by atoms with E-state index < -0.39 is 0 Å². The van der Waals surface area contributed by atoms with Gasteiger partial charge in [0.2, 0.25) is 0 Å². The van der Waals surface area contributed by atoms with Gasteiger partial charge in [-0.2, -0.15) is 0 Å². The fourth-order valence-corrected chi connectivity index (χ4v) is 3.41. The summed E-state index contributed by atoms with van der Waals surface area (Å²) in [6.07, 6.45) is 0.901. The van der Waals surface area contributed by atoms with Crippen LogP contribution >= 0.6 is 24.0 Å². The van der Waals surface area contributed by atoms with Crippen molar-refractivity contribution in [3.05, 3.63) is 53.6 Å². The van der Waals surface area contributed by atoms with E-state index in [2.05, 4.69) is 40.7 Å². The number of hydrogen-bond donors (Lipinski definition) is 2. The molecule has 32 heavy (non-hydrogen) atoms. The zero-order chi connectivity index (χ0) is 22.2. The first kappa shape index (κ1) is 25.8. The van der Waals surface area contributed by atoms with Crippen LogP contribution in [0.5, 0.6) is 11.5 Å². The number of benzene rings is 2.